The molecular weight excluding hydrogens is 374 g/mol. The summed E-state index contributed by atoms with van der Waals surface area (Å²) < 4.78 is 5.73. The molecule has 1 unspecified atom stereocenters. The van der Waals surface area contributed by atoms with Gasteiger partial charge in [-0.3, -0.25) is 4.79 Å². The molecule has 0 bridgehead atoms. The van der Waals surface area contributed by atoms with Crippen LogP contribution in [0.15, 0.2) is 28.9 Å². The van der Waals surface area contributed by atoms with E-state index in [4.69, 9.17) is 4.74 Å². The molecule has 24 heavy (non-hydrogen) atoms. The maximum Gasteiger partial charge on any atom is 0.319 e. The van der Waals surface area contributed by atoms with Crippen LogP contribution in [0.3, 0.4) is 0 Å². The van der Waals surface area contributed by atoms with Crippen LogP contribution < -0.4 is 10.6 Å². The molecule has 0 aliphatic heterocycles. The molecule has 0 saturated heterocycles. The number of nitrogens with one attached hydrogen (secondary N) is 3. The van der Waals surface area contributed by atoms with Gasteiger partial charge < -0.3 is 20.4 Å². The van der Waals surface area contributed by atoms with E-state index in [-0.39, 0.29) is 18.4 Å². The molecule has 7 heteroatoms. The standard InChI is InChI=1S/C17H20BrN3O3/c1-17(10-3-4-10,8-15(22)24-2)21-16(23)20-14-9-19-13-7-11(18)5-6-12(13)14/h5-7,9-10,19H,3-4,8H2,1-2H3,(H2,20,21,23). The topological polar surface area (TPSA) is 83.2 Å². The van der Waals surface area contributed by atoms with E-state index < -0.39 is 5.54 Å². The Balaban J connectivity index is 1.72. The fourth-order valence-corrected chi connectivity index (χ4v) is 3.36. The number of esters is 1. The van der Waals surface area contributed by atoms with Gasteiger partial charge in [-0.15, -0.1) is 0 Å². The van der Waals surface area contributed by atoms with Gasteiger partial charge in [-0.2, -0.15) is 0 Å². The minimum absolute atomic E-state index is 0.169. The second kappa shape index (κ2) is 6.47. The molecular formula is C17H20BrN3O3. The molecule has 2 amide bonds. The number of methoxy groups -OCH3 is 1. The maximum atomic E-state index is 12.4. The van der Waals surface area contributed by atoms with Crippen LogP contribution in [0.2, 0.25) is 0 Å². The summed E-state index contributed by atoms with van der Waals surface area (Å²) in [5.41, 5.74) is 1.04. The van der Waals surface area contributed by atoms with Gasteiger partial charge in [0.1, 0.15) is 0 Å². The van der Waals surface area contributed by atoms with Crippen molar-refractivity contribution in [3.63, 3.8) is 0 Å². The van der Waals surface area contributed by atoms with Crippen LogP contribution in [0.1, 0.15) is 26.2 Å². The highest BCUT2D eigenvalue weighted by Gasteiger charge is 2.44. The number of urea groups is 1. The lowest BCUT2D eigenvalue weighted by Crippen LogP contribution is -2.51. The van der Waals surface area contributed by atoms with Crippen molar-refractivity contribution >= 4 is 44.5 Å². The van der Waals surface area contributed by atoms with Crippen LogP contribution in [0.4, 0.5) is 10.5 Å². The average molecular weight is 394 g/mol. The summed E-state index contributed by atoms with van der Waals surface area (Å²) >= 11 is 3.42. The molecule has 1 fully saturated rings. The van der Waals surface area contributed by atoms with Crippen molar-refractivity contribution in [2.45, 2.75) is 31.7 Å². The van der Waals surface area contributed by atoms with E-state index >= 15 is 0 Å². The minimum Gasteiger partial charge on any atom is -0.469 e. The molecule has 1 aromatic heterocycles. The first-order valence-electron chi connectivity index (χ1n) is 7.84. The number of hydrogen-bond donors (Lipinski definition) is 3. The number of halogens is 1. The molecule has 1 atom stereocenters. The second-order valence-electron chi connectivity index (χ2n) is 6.42. The summed E-state index contributed by atoms with van der Waals surface area (Å²) in [6, 6.07) is 5.48. The number of carbonyl (C=O) groups is 2. The predicted molar refractivity (Wildman–Crippen MR) is 95.9 cm³/mol. The van der Waals surface area contributed by atoms with Gasteiger partial charge in [-0.1, -0.05) is 15.9 Å². The van der Waals surface area contributed by atoms with Gasteiger partial charge in [0.2, 0.25) is 0 Å². The zero-order valence-electron chi connectivity index (χ0n) is 13.6. The Morgan fingerprint density at radius 1 is 1.42 bits per heavy atom. The predicted octanol–water partition coefficient (Wildman–Crippen LogP) is 3.78. The molecule has 3 rings (SSSR count). The fourth-order valence-electron chi connectivity index (χ4n) is 3.00. The molecule has 6 nitrogen and oxygen atoms in total. The monoisotopic (exact) mass is 393 g/mol. The van der Waals surface area contributed by atoms with E-state index in [1.165, 1.54) is 7.11 Å². The number of carbonyl (C=O) groups excluding carboxylic acids is 2. The van der Waals surface area contributed by atoms with Crippen LogP contribution in [-0.2, 0) is 9.53 Å². The Morgan fingerprint density at radius 3 is 2.83 bits per heavy atom. The van der Waals surface area contributed by atoms with Crippen LogP contribution in [0.25, 0.3) is 10.9 Å². The Morgan fingerprint density at radius 2 is 2.17 bits per heavy atom. The SMILES string of the molecule is COC(=O)CC(C)(NC(=O)Nc1c[nH]c2cc(Br)ccc12)C1CC1. The van der Waals surface area contributed by atoms with Crippen molar-refractivity contribution < 1.29 is 14.3 Å². The van der Waals surface area contributed by atoms with Gasteiger partial charge in [0, 0.05) is 21.6 Å². The number of amides is 2. The molecule has 1 aromatic carbocycles. The van der Waals surface area contributed by atoms with Gasteiger partial charge in [0.15, 0.2) is 0 Å². The third-order valence-corrected chi connectivity index (χ3v) is 5.00. The number of fused-ring (bicyclic) bond motifs is 1. The van der Waals surface area contributed by atoms with E-state index in [1.54, 1.807) is 6.20 Å². The normalized spacial score (nSPS) is 16.5. The molecule has 3 N–H and O–H groups in total. The Kier molecular flexibility index (Phi) is 4.54. The minimum atomic E-state index is -0.591. The van der Waals surface area contributed by atoms with Crippen LogP contribution >= 0.6 is 15.9 Å². The number of aromatic amines is 1. The van der Waals surface area contributed by atoms with Gasteiger partial charge in [-0.05, 0) is 43.9 Å². The molecule has 1 heterocycles. The highest BCUT2D eigenvalue weighted by atomic mass is 79.9. The molecule has 1 saturated carbocycles. The van der Waals surface area contributed by atoms with Gasteiger partial charge in [-0.25, -0.2) is 4.79 Å². The van der Waals surface area contributed by atoms with E-state index in [1.807, 2.05) is 25.1 Å². The molecule has 0 spiro atoms. The Labute approximate surface area is 148 Å². The van der Waals surface area contributed by atoms with Crippen LogP contribution in [0, 0.1) is 5.92 Å². The first-order chi connectivity index (χ1) is 11.4. The van der Waals surface area contributed by atoms with Crippen LogP contribution in [-0.4, -0.2) is 29.6 Å². The summed E-state index contributed by atoms with van der Waals surface area (Å²) in [4.78, 5) is 27.2. The first kappa shape index (κ1) is 16.8. The fraction of sp³-hybridized carbons (Fsp3) is 0.412. The summed E-state index contributed by atoms with van der Waals surface area (Å²) in [6.07, 6.45) is 3.94. The van der Waals surface area contributed by atoms with Crippen molar-refractivity contribution in [3.8, 4) is 0 Å². The highest BCUT2D eigenvalue weighted by Crippen LogP contribution is 2.41. The number of anilines is 1. The zero-order chi connectivity index (χ0) is 17.3. The van der Waals surface area contributed by atoms with Crippen molar-refractivity contribution in [1.82, 2.24) is 10.3 Å². The van der Waals surface area contributed by atoms with Crippen molar-refractivity contribution in [2.24, 2.45) is 5.92 Å². The number of rotatable bonds is 5. The van der Waals surface area contributed by atoms with Crippen molar-refractivity contribution in [2.75, 3.05) is 12.4 Å². The largest absolute Gasteiger partial charge is 0.469 e. The van der Waals surface area contributed by atoms with Gasteiger partial charge in [0.25, 0.3) is 0 Å². The van der Waals surface area contributed by atoms with Crippen LogP contribution in [0.5, 0.6) is 0 Å². The zero-order valence-corrected chi connectivity index (χ0v) is 15.2. The number of ether oxygens (including phenoxy) is 1. The van der Waals surface area contributed by atoms with Crippen molar-refractivity contribution in [3.05, 3.63) is 28.9 Å². The van der Waals surface area contributed by atoms with E-state index in [9.17, 15) is 9.59 Å². The molecule has 2 aromatic rings. The summed E-state index contributed by atoms with van der Waals surface area (Å²) in [5, 5.41) is 6.75. The quantitative estimate of drug-likeness (QED) is 0.675. The van der Waals surface area contributed by atoms with E-state index in [0.717, 1.165) is 28.2 Å². The summed E-state index contributed by atoms with van der Waals surface area (Å²) in [6.45, 7) is 1.90. The smallest absolute Gasteiger partial charge is 0.319 e. The third-order valence-electron chi connectivity index (χ3n) is 4.51. The van der Waals surface area contributed by atoms with Crippen molar-refractivity contribution in [1.29, 1.82) is 0 Å². The second-order valence-corrected chi connectivity index (χ2v) is 7.33. The first-order valence-corrected chi connectivity index (χ1v) is 8.63. The number of H-pyrrole nitrogens is 1. The molecule has 1 aliphatic carbocycles. The lowest BCUT2D eigenvalue weighted by Gasteiger charge is -2.30. The van der Waals surface area contributed by atoms with E-state index in [0.29, 0.717) is 11.6 Å². The number of aromatic nitrogens is 1. The van der Waals surface area contributed by atoms with E-state index in [2.05, 4.69) is 31.5 Å². The number of hydrogen-bond acceptors (Lipinski definition) is 3. The molecule has 0 radical (unpaired) electrons. The highest BCUT2D eigenvalue weighted by molar-refractivity contribution is 9.10. The molecule has 128 valence electrons. The third kappa shape index (κ3) is 3.56. The summed E-state index contributed by atoms with van der Waals surface area (Å²) in [7, 11) is 1.36. The number of benzene rings is 1. The lowest BCUT2D eigenvalue weighted by atomic mass is 9.92. The summed E-state index contributed by atoms with van der Waals surface area (Å²) in [5.74, 6) is -0.0112. The lowest BCUT2D eigenvalue weighted by molar-refractivity contribution is -0.142. The Hall–Kier alpha value is -2.02. The van der Waals surface area contributed by atoms with Gasteiger partial charge >= 0.3 is 12.0 Å². The molecule has 1 aliphatic rings. The average Bonchev–Trinajstić information content (AvgIpc) is 3.31. The van der Waals surface area contributed by atoms with Gasteiger partial charge in [0.05, 0.1) is 24.8 Å². The maximum absolute atomic E-state index is 12.4. The Bertz CT molecular complexity index is 784.